The van der Waals surface area contributed by atoms with E-state index >= 15 is 0 Å². The van der Waals surface area contributed by atoms with Crippen LogP contribution in [0.25, 0.3) is 0 Å². The Labute approximate surface area is 85.6 Å². The highest BCUT2D eigenvalue weighted by atomic mass is 16.6. The molecule has 0 aliphatic rings. The van der Waals surface area contributed by atoms with E-state index < -0.39 is 11.9 Å². The monoisotopic (exact) mass is 218 g/mol. The highest BCUT2D eigenvalue weighted by Crippen LogP contribution is 1.80. The van der Waals surface area contributed by atoms with Crippen LogP contribution in [-0.2, 0) is 33.4 Å². The third-order valence-electron chi connectivity index (χ3n) is 0.869. The average Bonchev–Trinajstić information content (AvgIpc) is 2.27. The van der Waals surface area contributed by atoms with Gasteiger partial charge < -0.3 is 14.2 Å². The molecule has 0 aromatic heterocycles. The van der Waals surface area contributed by atoms with Gasteiger partial charge in [-0.15, -0.1) is 0 Å². The first-order valence-electron chi connectivity index (χ1n) is 3.49. The first-order valence-corrected chi connectivity index (χ1v) is 3.49. The summed E-state index contributed by atoms with van der Waals surface area (Å²) in [5.74, 6) is -1.16. The molecule has 15 heavy (non-hydrogen) atoms. The fourth-order valence-electron chi connectivity index (χ4n) is 0.295. The molecule has 0 rings (SSSR count). The maximum atomic E-state index is 10.3. The molecule has 0 heterocycles. The van der Waals surface area contributed by atoms with Crippen molar-refractivity contribution in [1.29, 1.82) is 0 Å². The molecule has 7 nitrogen and oxygen atoms in total. The molecule has 0 spiro atoms. The van der Waals surface area contributed by atoms with E-state index in [4.69, 9.17) is 9.59 Å². The second-order valence-corrected chi connectivity index (χ2v) is 1.71. The van der Waals surface area contributed by atoms with Crippen LogP contribution in [0.4, 0.5) is 0 Å². The van der Waals surface area contributed by atoms with Crippen molar-refractivity contribution in [2.75, 3.05) is 14.2 Å². The Morgan fingerprint density at radius 3 is 1.33 bits per heavy atom. The van der Waals surface area contributed by atoms with Crippen LogP contribution in [0, 0.1) is 0 Å². The summed E-state index contributed by atoms with van der Waals surface area (Å²) in [5.41, 5.74) is 0. The molecule has 0 radical (unpaired) electrons. The van der Waals surface area contributed by atoms with Gasteiger partial charge >= 0.3 is 24.9 Å². The van der Waals surface area contributed by atoms with E-state index in [9.17, 15) is 9.59 Å². The molecule has 0 amide bonds. The van der Waals surface area contributed by atoms with Crippen LogP contribution in [0.5, 0.6) is 0 Å². The minimum absolute atomic E-state index is 0.0625. The smallest absolute Gasteiger partial charge is 0.330 e. The first kappa shape index (κ1) is 15.3. The van der Waals surface area contributed by atoms with Crippen LogP contribution >= 0.6 is 0 Å². The summed E-state index contributed by atoms with van der Waals surface area (Å²) in [5, 5.41) is 0. The fourth-order valence-corrected chi connectivity index (χ4v) is 0.295. The molecule has 0 fully saturated rings. The minimum atomic E-state index is -0.578. The predicted octanol–water partition coefficient (Wildman–Crippen LogP) is -0.796. The predicted molar refractivity (Wildman–Crippen MR) is 46.4 cm³/mol. The minimum Gasteiger partial charge on any atom is -0.466 e. The SMILES string of the molecule is COC(=O)/C=C\C(=O)OC.O=COC=O. The molecule has 0 aliphatic heterocycles. The maximum absolute atomic E-state index is 10.3. The quantitative estimate of drug-likeness (QED) is 0.200. The maximum Gasteiger partial charge on any atom is 0.330 e. The van der Waals surface area contributed by atoms with Crippen LogP contribution in [0.3, 0.4) is 0 Å². The largest absolute Gasteiger partial charge is 0.466 e. The number of carbonyl (C=O) groups excluding carboxylic acids is 4. The second-order valence-electron chi connectivity index (χ2n) is 1.71. The average molecular weight is 218 g/mol. The van der Waals surface area contributed by atoms with Crippen molar-refractivity contribution in [2.24, 2.45) is 0 Å². The van der Waals surface area contributed by atoms with Gasteiger partial charge in [-0.1, -0.05) is 0 Å². The number of ether oxygens (including phenoxy) is 3. The third kappa shape index (κ3) is 14.7. The number of methoxy groups -OCH3 is 2. The molecule has 0 aliphatic carbocycles. The molecule has 0 saturated heterocycles. The van der Waals surface area contributed by atoms with Crippen LogP contribution in [0.2, 0.25) is 0 Å². The van der Waals surface area contributed by atoms with Gasteiger partial charge in [0.05, 0.1) is 14.2 Å². The molecule has 0 aromatic rings. The topological polar surface area (TPSA) is 96.0 Å². The van der Waals surface area contributed by atoms with E-state index in [0.717, 1.165) is 12.2 Å². The summed E-state index contributed by atoms with van der Waals surface area (Å²) >= 11 is 0. The molecule has 0 aromatic carbocycles. The van der Waals surface area contributed by atoms with Crippen molar-refractivity contribution in [3.63, 3.8) is 0 Å². The highest BCUT2D eigenvalue weighted by molar-refractivity contribution is 5.91. The summed E-state index contributed by atoms with van der Waals surface area (Å²) in [7, 11) is 2.45. The van der Waals surface area contributed by atoms with Crippen molar-refractivity contribution in [3.05, 3.63) is 12.2 Å². The van der Waals surface area contributed by atoms with E-state index in [-0.39, 0.29) is 12.9 Å². The number of esters is 2. The molecular formula is C8H10O7. The summed E-state index contributed by atoms with van der Waals surface area (Å²) in [6.45, 7) is 0.125. The number of hydrogen-bond donors (Lipinski definition) is 0. The van der Waals surface area contributed by atoms with Crippen LogP contribution in [0.1, 0.15) is 0 Å². The fraction of sp³-hybridized carbons (Fsp3) is 0.250. The molecule has 0 unspecified atom stereocenters. The lowest BCUT2D eigenvalue weighted by atomic mass is 10.5. The molecule has 0 saturated carbocycles. The lowest BCUT2D eigenvalue weighted by Gasteiger charge is -1.89. The normalized spacial score (nSPS) is 8.13. The Morgan fingerprint density at radius 2 is 1.20 bits per heavy atom. The summed E-state index contributed by atoms with van der Waals surface area (Å²) in [6.07, 6.45) is 1.98. The van der Waals surface area contributed by atoms with Gasteiger partial charge in [0.1, 0.15) is 0 Å². The zero-order valence-electron chi connectivity index (χ0n) is 8.17. The standard InChI is InChI=1S/C6H8O4.C2H2O3/c1-9-5(7)3-4-6(8)10-2;3-1-5-2-4/h3-4H,1-2H3;1-2H/b4-3-;. The van der Waals surface area contributed by atoms with E-state index in [1.165, 1.54) is 14.2 Å². The summed E-state index contributed by atoms with van der Waals surface area (Å²) in [6, 6.07) is 0. The van der Waals surface area contributed by atoms with Crippen molar-refractivity contribution >= 4 is 24.9 Å². The Bertz CT molecular complexity index is 219. The van der Waals surface area contributed by atoms with Gasteiger partial charge in [0.15, 0.2) is 0 Å². The van der Waals surface area contributed by atoms with Crippen LogP contribution in [-0.4, -0.2) is 39.1 Å². The third-order valence-corrected chi connectivity index (χ3v) is 0.869. The Kier molecular flexibility index (Phi) is 12.1. The van der Waals surface area contributed by atoms with Gasteiger partial charge in [-0.05, 0) is 0 Å². The van der Waals surface area contributed by atoms with E-state index in [1.807, 2.05) is 0 Å². The second kappa shape index (κ2) is 11.8. The number of rotatable bonds is 4. The number of carbonyl (C=O) groups is 4. The van der Waals surface area contributed by atoms with Crippen molar-refractivity contribution < 1.29 is 33.4 Å². The van der Waals surface area contributed by atoms with Crippen LogP contribution < -0.4 is 0 Å². The Morgan fingerprint density at radius 1 is 0.867 bits per heavy atom. The van der Waals surface area contributed by atoms with Gasteiger partial charge in [-0.2, -0.15) is 0 Å². The van der Waals surface area contributed by atoms with Gasteiger partial charge in [-0.3, -0.25) is 9.59 Å². The lowest BCUT2D eigenvalue weighted by Crippen LogP contribution is -1.98. The van der Waals surface area contributed by atoms with Gasteiger partial charge in [-0.25, -0.2) is 9.59 Å². The zero-order valence-corrected chi connectivity index (χ0v) is 8.17. The van der Waals surface area contributed by atoms with E-state index in [1.54, 1.807) is 0 Å². The highest BCUT2D eigenvalue weighted by Gasteiger charge is 1.94. The van der Waals surface area contributed by atoms with Gasteiger partial charge in [0.25, 0.3) is 0 Å². The molecule has 84 valence electrons. The zero-order chi connectivity index (χ0) is 12.1. The van der Waals surface area contributed by atoms with E-state index in [2.05, 4.69) is 14.2 Å². The van der Waals surface area contributed by atoms with E-state index in [0.29, 0.717) is 0 Å². The van der Waals surface area contributed by atoms with Gasteiger partial charge in [0.2, 0.25) is 0 Å². The first-order chi connectivity index (χ1) is 7.12. The summed E-state index contributed by atoms with van der Waals surface area (Å²) in [4.78, 5) is 38.5. The van der Waals surface area contributed by atoms with Crippen molar-refractivity contribution in [3.8, 4) is 0 Å². The summed E-state index contributed by atoms with van der Waals surface area (Å²) < 4.78 is 11.9. The number of hydrogen-bond acceptors (Lipinski definition) is 7. The Balaban J connectivity index is 0. The lowest BCUT2D eigenvalue weighted by molar-refractivity contribution is -0.141. The molecular weight excluding hydrogens is 208 g/mol. The Hall–Kier alpha value is -2.18. The van der Waals surface area contributed by atoms with Crippen molar-refractivity contribution in [2.45, 2.75) is 0 Å². The van der Waals surface area contributed by atoms with Gasteiger partial charge in [0, 0.05) is 12.2 Å². The molecule has 7 heteroatoms. The molecule has 0 atom stereocenters. The van der Waals surface area contributed by atoms with Crippen LogP contribution in [0.15, 0.2) is 12.2 Å². The van der Waals surface area contributed by atoms with Crippen molar-refractivity contribution in [1.82, 2.24) is 0 Å². The molecule has 0 N–H and O–H groups in total. The molecule has 0 bridgehead atoms.